The summed E-state index contributed by atoms with van der Waals surface area (Å²) in [5.74, 6) is 0.855. The molecule has 1 amide bonds. The maximum Gasteiger partial charge on any atom is 0.263 e. The molecule has 0 spiro atoms. The van der Waals surface area contributed by atoms with Crippen molar-refractivity contribution < 1.29 is 14.1 Å². The van der Waals surface area contributed by atoms with Gasteiger partial charge in [0.2, 0.25) is 17.2 Å². The summed E-state index contributed by atoms with van der Waals surface area (Å²) >= 11 is 5.96. The fourth-order valence-corrected chi connectivity index (χ4v) is 3.96. The Morgan fingerprint density at radius 1 is 1.05 bits per heavy atom. The molecule has 0 saturated carbocycles. The minimum absolute atomic E-state index is 0.0461. The van der Waals surface area contributed by atoms with E-state index in [1.54, 1.807) is 48.1 Å². The second-order valence-electron chi connectivity index (χ2n) is 8.38. The number of nitrogens with one attached hydrogen (secondary N) is 1. The molecule has 5 rings (SSSR count). The van der Waals surface area contributed by atoms with E-state index in [2.05, 4.69) is 20.4 Å². The highest BCUT2D eigenvalue weighted by molar-refractivity contribution is 6.30. The lowest BCUT2D eigenvalue weighted by Gasteiger charge is -2.12. The maximum absolute atomic E-state index is 13.3. The van der Waals surface area contributed by atoms with Gasteiger partial charge >= 0.3 is 0 Å². The summed E-state index contributed by atoms with van der Waals surface area (Å²) in [5, 5.41) is 7.84. The van der Waals surface area contributed by atoms with Gasteiger partial charge in [-0.25, -0.2) is 4.98 Å². The number of halogens is 1. The molecule has 1 N–H and O–H groups in total. The van der Waals surface area contributed by atoms with Crippen LogP contribution in [0.25, 0.3) is 33.9 Å². The third kappa shape index (κ3) is 5.22. The number of hydrogen-bond acceptors (Lipinski definition) is 7. The fourth-order valence-electron chi connectivity index (χ4n) is 3.84. The molecule has 0 atom stereocenters. The molecule has 37 heavy (non-hydrogen) atoms. The SMILES string of the molecule is COc1ccc(CNC(=O)Cn2cc(-c3nc(-c4ccc(Cl)cc4)no3)c(=O)c3ccc(C)nc32)cc1. The van der Waals surface area contributed by atoms with Gasteiger partial charge in [0.25, 0.3) is 5.89 Å². The molecule has 10 heteroatoms. The summed E-state index contributed by atoms with van der Waals surface area (Å²) in [4.78, 5) is 35.1. The average molecular weight is 516 g/mol. The van der Waals surface area contributed by atoms with E-state index in [4.69, 9.17) is 20.9 Å². The van der Waals surface area contributed by atoms with E-state index in [0.29, 0.717) is 34.0 Å². The summed E-state index contributed by atoms with van der Waals surface area (Å²) in [6.45, 7) is 2.10. The van der Waals surface area contributed by atoms with E-state index >= 15 is 0 Å². The van der Waals surface area contributed by atoms with E-state index in [1.165, 1.54) is 6.20 Å². The number of aryl methyl sites for hydroxylation is 1. The van der Waals surface area contributed by atoms with Gasteiger partial charge in [-0.15, -0.1) is 0 Å². The zero-order valence-corrected chi connectivity index (χ0v) is 20.8. The van der Waals surface area contributed by atoms with Gasteiger partial charge in [-0.05, 0) is 61.0 Å². The molecule has 3 aromatic heterocycles. The monoisotopic (exact) mass is 515 g/mol. The Balaban J connectivity index is 1.46. The molecular weight excluding hydrogens is 494 g/mol. The molecule has 0 radical (unpaired) electrons. The first-order valence-electron chi connectivity index (χ1n) is 11.4. The minimum Gasteiger partial charge on any atom is -0.497 e. The zero-order valence-electron chi connectivity index (χ0n) is 20.1. The lowest BCUT2D eigenvalue weighted by Crippen LogP contribution is -2.28. The fraction of sp³-hybridized carbons (Fsp3) is 0.148. The molecule has 2 aromatic carbocycles. The van der Waals surface area contributed by atoms with Crippen molar-refractivity contribution in [3.63, 3.8) is 0 Å². The molecule has 0 bridgehead atoms. The van der Waals surface area contributed by atoms with Crippen LogP contribution in [0.3, 0.4) is 0 Å². The highest BCUT2D eigenvalue weighted by Gasteiger charge is 2.19. The van der Waals surface area contributed by atoms with E-state index in [0.717, 1.165) is 17.0 Å². The number of pyridine rings is 2. The second kappa shape index (κ2) is 10.2. The largest absolute Gasteiger partial charge is 0.497 e. The standard InChI is InChI=1S/C27H22ClN5O4/c1-16-3-12-21-24(35)22(27-31-25(32-37-27)18-6-8-19(28)9-7-18)14-33(26(21)30-16)15-23(34)29-13-17-4-10-20(36-2)11-5-17/h3-12,14H,13,15H2,1-2H3,(H,29,34). The second-order valence-corrected chi connectivity index (χ2v) is 8.81. The van der Waals surface area contributed by atoms with Gasteiger partial charge in [0, 0.05) is 29.0 Å². The van der Waals surface area contributed by atoms with Gasteiger partial charge in [0.1, 0.15) is 23.5 Å². The Morgan fingerprint density at radius 2 is 1.81 bits per heavy atom. The van der Waals surface area contributed by atoms with Crippen molar-refractivity contribution in [3.8, 4) is 28.6 Å². The molecule has 9 nitrogen and oxygen atoms in total. The topological polar surface area (TPSA) is 112 Å². The van der Waals surface area contributed by atoms with Crippen LogP contribution in [0.15, 0.2) is 76.2 Å². The molecule has 186 valence electrons. The Bertz CT molecular complexity index is 1640. The highest BCUT2D eigenvalue weighted by atomic mass is 35.5. The number of carbonyl (C=O) groups is 1. The van der Waals surface area contributed by atoms with Crippen molar-refractivity contribution in [2.75, 3.05) is 7.11 Å². The van der Waals surface area contributed by atoms with Gasteiger partial charge in [-0.3, -0.25) is 9.59 Å². The smallest absolute Gasteiger partial charge is 0.263 e. The molecule has 0 unspecified atom stereocenters. The number of rotatable bonds is 7. The molecule has 0 aliphatic carbocycles. The minimum atomic E-state index is -0.316. The van der Waals surface area contributed by atoms with Gasteiger partial charge in [-0.1, -0.05) is 28.9 Å². The number of fused-ring (bicyclic) bond motifs is 1. The average Bonchev–Trinajstić information content (AvgIpc) is 3.40. The van der Waals surface area contributed by atoms with Crippen LogP contribution >= 0.6 is 11.6 Å². The van der Waals surface area contributed by atoms with Crippen molar-refractivity contribution in [3.05, 3.63) is 93.4 Å². The van der Waals surface area contributed by atoms with Gasteiger partial charge in [0.15, 0.2) is 0 Å². The summed E-state index contributed by atoms with van der Waals surface area (Å²) in [6.07, 6.45) is 1.53. The first-order valence-corrected chi connectivity index (χ1v) is 11.8. The van der Waals surface area contributed by atoms with Crippen LogP contribution < -0.4 is 15.5 Å². The van der Waals surface area contributed by atoms with Crippen LogP contribution in [0.1, 0.15) is 11.3 Å². The van der Waals surface area contributed by atoms with Crippen LogP contribution in [0.4, 0.5) is 0 Å². The number of nitrogens with zero attached hydrogens (tertiary/aromatic N) is 4. The van der Waals surface area contributed by atoms with E-state index in [-0.39, 0.29) is 29.3 Å². The number of benzene rings is 2. The molecule has 0 aliphatic heterocycles. The number of carbonyl (C=O) groups excluding carboxylic acids is 1. The predicted octanol–water partition coefficient (Wildman–Crippen LogP) is 4.40. The summed E-state index contributed by atoms with van der Waals surface area (Å²) in [5.41, 5.74) is 2.59. The molecule has 0 saturated heterocycles. The first-order chi connectivity index (χ1) is 17.9. The molecule has 5 aromatic rings. The van der Waals surface area contributed by atoms with Crippen LogP contribution in [0.5, 0.6) is 5.75 Å². The Labute approximate surface area is 216 Å². The first kappa shape index (κ1) is 24.2. The predicted molar refractivity (Wildman–Crippen MR) is 139 cm³/mol. The summed E-state index contributed by atoms with van der Waals surface area (Å²) in [6, 6.07) is 17.8. The van der Waals surface area contributed by atoms with Crippen molar-refractivity contribution in [1.82, 2.24) is 25.0 Å². The third-order valence-electron chi connectivity index (χ3n) is 5.78. The Hall–Kier alpha value is -4.50. The van der Waals surface area contributed by atoms with E-state index in [9.17, 15) is 9.59 Å². The number of amides is 1. The number of methoxy groups -OCH3 is 1. The maximum atomic E-state index is 13.3. The molecular formula is C27H22ClN5O4. The molecule has 3 heterocycles. The Morgan fingerprint density at radius 3 is 2.54 bits per heavy atom. The third-order valence-corrected chi connectivity index (χ3v) is 6.03. The quantitative estimate of drug-likeness (QED) is 0.342. The van der Waals surface area contributed by atoms with Crippen LogP contribution in [-0.4, -0.2) is 32.7 Å². The van der Waals surface area contributed by atoms with Gasteiger partial charge in [-0.2, -0.15) is 4.98 Å². The van der Waals surface area contributed by atoms with Crippen LogP contribution in [0.2, 0.25) is 5.02 Å². The van der Waals surface area contributed by atoms with Gasteiger partial charge in [0.05, 0.1) is 12.5 Å². The lowest BCUT2D eigenvalue weighted by atomic mass is 10.1. The highest BCUT2D eigenvalue weighted by Crippen LogP contribution is 2.23. The van der Waals surface area contributed by atoms with E-state index < -0.39 is 0 Å². The van der Waals surface area contributed by atoms with Crippen molar-refractivity contribution in [1.29, 1.82) is 0 Å². The van der Waals surface area contributed by atoms with Crippen molar-refractivity contribution in [2.45, 2.75) is 20.0 Å². The van der Waals surface area contributed by atoms with Crippen molar-refractivity contribution >= 4 is 28.5 Å². The van der Waals surface area contributed by atoms with Crippen LogP contribution in [0, 0.1) is 6.92 Å². The Kier molecular flexibility index (Phi) is 6.70. The van der Waals surface area contributed by atoms with E-state index in [1.807, 2.05) is 31.2 Å². The zero-order chi connectivity index (χ0) is 25.9. The number of aromatic nitrogens is 4. The number of ether oxygens (including phenoxy) is 1. The van der Waals surface area contributed by atoms with Gasteiger partial charge < -0.3 is 19.1 Å². The molecule has 0 fully saturated rings. The molecule has 0 aliphatic rings. The summed E-state index contributed by atoms with van der Waals surface area (Å²) < 4.78 is 12.2. The summed E-state index contributed by atoms with van der Waals surface area (Å²) in [7, 11) is 1.60. The number of hydrogen-bond donors (Lipinski definition) is 1. The van der Waals surface area contributed by atoms with Crippen molar-refractivity contribution in [2.24, 2.45) is 0 Å². The van der Waals surface area contributed by atoms with Crippen LogP contribution in [-0.2, 0) is 17.9 Å². The lowest BCUT2D eigenvalue weighted by molar-refractivity contribution is -0.121. The normalized spacial score (nSPS) is 11.0.